The fourth-order valence-corrected chi connectivity index (χ4v) is 3.39. The lowest BCUT2D eigenvalue weighted by atomic mass is 9.81. The van der Waals surface area contributed by atoms with Crippen molar-refractivity contribution < 1.29 is 9.59 Å². The van der Waals surface area contributed by atoms with Crippen LogP contribution in [0.1, 0.15) is 64.7 Å². The van der Waals surface area contributed by atoms with Crippen molar-refractivity contribution in [3.8, 4) is 0 Å². The van der Waals surface area contributed by atoms with Crippen LogP contribution in [0.5, 0.6) is 0 Å². The van der Waals surface area contributed by atoms with Gasteiger partial charge in [-0.05, 0) is 32.1 Å². The van der Waals surface area contributed by atoms with Crippen LogP contribution in [0, 0.1) is 5.92 Å². The van der Waals surface area contributed by atoms with E-state index in [1.807, 2.05) is 11.8 Å². The lowest BCUT2D eigenvalue weighted by Gasteiger charge is -2.37. The minimum atomic E-state index is -0.103. The van der Waals surface area contributed by atoms with E-state index in [0.717, 1.165) is 38.6 Å². The van der Waals surface area contributed by atoms with E-state index in [9.17, 15) is 9.59 Å². The molecule has 0 radical (unpaired) electrons. The van der Waals surface area contributed by atoms with E-state index in [-0.39, 0.29) is 17.9 Å². The molecular weight excluding hydrogens is 226 g/mol. The Balaban J connectivity index is 2.03. The third-order valence-corrected chi connectivity index (χ3v) is 4.46. The van der Waals surface area contributed by atoms with Gasteiger partial charge in [-0.1, -0.05) is 26.2 Å². The van der Waals surface area contributed by atoms with Crippen LogP contribution >= 0.6 is 0 Å². The summed E-state index contributed by atoms with van der Waals surface area (Å²) in [5.41, 5.74) is 0. The lowest BCUT2D eigenvalue weighted by molar-refractivity contribution is -0.143. The highest BCUT2D eigenvalue weighted by molar-refractivity contribution is 5.90. The predicted molar refractivity (Wildman–Crippen MR) is 71.2 cm³/mol. The van der Waals surface area contributed by atoms with E-state index in [1.54, 1.807) is 0 Å². The summed E-state index contributed by atoms with van der Waals surface area (Å²) in [6.45, 7) is 2.68. The van der Waals surface area contributed by atoms with Crippen LogP contribution in [-0.4, -0.2) is 29.2 Å². The van der Waals surface area contributed by atoms with E-state index in [2.05, 4.69) is 0 Å². The fourth-order valence-electron chi connectivity index (χ4n) is 3.39. The zero-order valence-corrected chi connectivity index (χ0v) is 11.5. The second-order valence-corrected chi connectivity index (χ2v) is 5.69. The van der Waals surface area contributed by atoms with Crippen LogP contribution in [0.2, 0.25) is 0 Å². The van der Waals surface area contributed by atoms with Crippen molar-refractivity contribution in [2.45, 2.75) is 70.8 Å². The molecule has 3 nitrogen and oxygen atoms in total. The fraction of sp³-hybridized carbons (Fsp3) is 0.867. The summed E-state index contributed by atoms with van der Waals surface area (Å²) in [5, 5.41) is 0. The number of carbonyl (C=O) groups excluding carboxylic acids is 2. The highest BCUT2D eigenvalue weighted by atomic mass is 16.2. The highest BCUT2D eigenvalue weighted by Crippen LogP contribution is 2.29. The van der Waals surface area contributed by atoms with E-state index in [4.69, 9.17) is 0 Å². The molecule has 1 saturated heterocycles. The standard InChI is InChI=1S/C15H25NO2/c1-2-14(17)16-11-7-6-10-13(16)15(18)12-8-4-3-5-9-12/h12-13H,2-11H2,1H3. The van der Waals surface area contributed by atoms with Crippen LogP contribution < -0.4 is 0 Å². The normalized spacial score (nSPS) is 26.1. The second kappa shape index (κ2) is 6.35. The number of rotatable bonds is 3. The first kappa shape index (κ1) is 13.6. The molecule has 0 aromatic carbocycles. The number of nitrogens with zero attached hydrogens (tertiary/aromatic N) is 1. The molecule has 18 heavy (non-hydrogen) atoms. The molecule has 1 saturated carbocycles. The van der Waals surface area contributed by atoms with Crippen molar-refractivity contribution in [1.82, 2.24) is 4.90 Å². The lowest BCUT2D eigenvalue weighted by Crippen LogP contribution is -2.49. The van der Waals surface area contributed by atoms with Gasteiger partial charge >= 0.3 is 0 Å². The summed E-state index contributed by atoms with van der Waals surface area (Å²) in [5.74, 6) is 0.745. The molecule has 0 spiro atoms. The first-order chi connectivity index (χ1) is 8.74. The van der Waals surface area contributed by atoms with Gasteiger partial charge in [0.25, 0.3) is 0 Å². The molecule has 2 aliphatic rings. The van der Waals surface area contributed by atoms with Gasteiger partial charge in [-0.15, -0.1) is 0 Å². The van der Waals surface area contributed by atoms with E-state index in [0.29, 0.717) is 12.2 Å². The Morgan fingerprint density at radius 3 is 2.33 bits per heavy atom. The summed E-state index contributed by atoms with van der Waals surface area (Å²) in [7, 11) is 0. The largest absolute Gasteiger partial charge is 0.333 e. The van der Waals surface area contributed by atoms with Gasteiger partial charge in [-0.3, -0.25) is 9.59 Å². The number of piperidine rings is 1. The Kier molecular flexibility index (Phi) is 4.79. The Labute approximate surface area is 110 Å². The number of hydrogen-bond acceptors (Lipinski definition) is 2. The van der Waals surface area contributed by atoms with Gasteiger partial charge in [-0.2, -0.15) is 0 Å². The molecule has 3 heteroatoms. The second-order valence-electron chi connectivity index (χ2n) is 5.69. The molecule has 0 aromatic heterocycles. The monoisotopic (exact) mass is 251 g/mol. The molecule has 1 aliphatic carbocycles. The summed E-state index contributed by atoms with van der Waals surface area (Å²) < 4.78 is 0. The maximum atomic E-state index is 12.6. The number of amides is 1. The summed E-state index contributed by atoms with van der Waals surface area (Å²) in [4.78, 5) is 26.4. The number of hydrogen-bond donors (Lipinski definition) is 0. The molecule has 1 amide bonds. The minimum Gasteiger partial charge on any atom is -0.333 e. The number of carbonyl (C=O) groups is 2. The molecule has 2 fully saturated rings. The zero-order chi connectivity index (χ0) is 13.0. The molecule has 1 aliphatic heterocycles. The third kappa shape index (κ3) is 2.93. The molecule has 0 bridgehead atoms. The van der Waals surface area contributed by atoms with Gasteiger partial charge in [0.1, 0.15) is 0 Å². The summed E-state index contributed by atoms with van der Waals surface area (Å²) >= 11 is 0. The van der Waals surface area contributed by atoms with Crippen LogP contribution in [0.25, 0.3) is 0 Å². The molecule has 1 heterocycles. The van der Waals surface area contributed by atoms with Crippen LogP contribution in [0.4, 0.5) is 0 Å². The number of likely N-dealkylation sites (tertiary alicyclic amines) is 1. The van der Waals surface area contributed by atoms with Crippen molar-refractivity contribution in [1.29, 1.82) is 0 Å². The van der Waals surface area contributed by atoms with Gasteiger partial charge in [0.05, 0.1) is 6.04 Å². The molecular formula is C15H25NO2. The number of Topliss-reactive ketones (excluding diaryl/α,β-unsaturated/α-hetero) is 1. The van der Waals surface area contributed by atoms with Crippen molar-refractivity contribution in [3.05, 3.63) is 0 Å². The van der Waals surface area contributed by atoms with Gasteiger partial charge in [-0.25, -0.2) is 0 Å². The first-order valence-electron chi connectivity index (χ1n) is 7.57. The molecule has 0 N–H and O–H groups in total. The van der Waals surface area contributed by atoms with Crippen molar-refractivity contribution in [2.24, 2.45) is 5.92 Å². The summed E-state index contributed by atoms with van der Waals surface area (Å²) in [6, 6.07) is -0.103. The van der Waals surface area contributed by atoms with E-state index in [1.165, 1.54) is 19.3 Å². The van der Waals surface area contributed by atoms with Crippen molar-refractivity contribution in [2.75, 3.05) is 6.54 Å². The molecule has 1 unspecified atom stereocenters. The van der Waals surface area contributed by atoms with Gasteiger partial charge in [0, 0.05) is 18.9 Å². The molecule has 0 aromatic rings. The average molecular weight is 251 g/mol. The van der Waals surface area contributed by atoms with E-state index < -0.39 is 0 Å². The number of ketones is 1. The Bertz CT molecular complexity index is 308. The first-order valence-corrected chi connectivity index (χ1v) is 7.57. The van der Waals surface area contributed by atoms with Crippen LogP contribution in [0.3, 0.4) is 0 Å². The smallest absolute Gasteiger partial charge is 0.222 e. The van der Waals surface area contributed by atoms with Gasteiger partial charge in [0.2, 0.25) is 5.91 Å². The molecule has 102 valence electrons. The van der Waals surface area contributed by atoms with Crippen LogP contribution in [0.15, 0.2) is 0 Å². The topological polar surface area (TPSA) is 37.4 Å². The van der Waals surface area contributed by atoms with Crippen molar-refractivity contribution in [3.63, 3.8) is 0 Å². The van der Waals surface area contributed by atoms with Gasteiger partial charge < -0.3 is 4.90 Å². The molecule has 2 rings (SSSR count). The SMILES string of the molecule is CCC(=O)N1CCCCC1C(=O)C1CCCCC1. The van der Waals surface area contributed by atoms with Crippen LogP contribution in [-0.2, 0) is 9.59 Å². The Morgan fingerprint density at radius 2 is 1.67 bits per heavy atom. The molecule has 1 atom stereocenters. The maximum absolute atomic E-state index is 12.6. The van der Waals surface area contributed by atoms with Crippen molar-refractivity contribution >= 4 is 11.7 Å². The average Bonchev–Trinajstić information content (AvgIpc) is 2.46. The predicted octanol–water partition coefficient (Wildman–Crippen LogP) is 2.93. The van der Waals surface area contributed by atoms with Gasteiger partial charge in [0.15, 0.2) is 5.78 Å². The third-order valence-electron chi connectivity index (χ3n) is 4.46. The zero-order valence-electron chi connectivity index (χ0n) is 11.5. The Hall–Kier alpha value is -0.860. The summed E-state index contributed by atoms with van der Waals surface area (Å²) in [6.07, 6.45) is 9.29. The highest BCUT2D eigenvalue weighted by Gasteiger charge is 2.35. The minimum absolute atomic E-state index is 0.103. The Morgan fingerprint density at radius 1 is 1.00 bits per heavy atom. The quantitative estimate of drug-likeness (QED) is 0.773. The maximum Gasteiger partial charge on any atom is 0.222 e. The van der Waals surface area contributed by atoms with E-state index >= 15 is 0 Å².